The Morgan fingerprint density at radius 3 is 2.94 bits per heavy atom. The van der Waals surface area contributed by atoms with E-state index in [1.807, 2.05) is 6.07 Å². The first kappa shape index (κ1) is 13.8. The molecule has 0 aromatic heterocycles. The molecule has 0 aliphatic rings. The van der Waals surface area contributed by atoms with E-state index in [0.717, 1.165) is 24.2 Å². The van der Waals surface area contributed by atoms with Crippen LogP contribution >= 0.6 is 11.6 Å². The van der Waals surface area contributed by atoms with Crippen molar-refractivity contribution in [2.75, 3.05) is 25.9 Å². The van der Waals surface area contributed by atoms with Crippen LogP contribution in [-0.2, 0) is 16.0 Å². The van der Waals surface area contributed by atoms with Crippen molar-refractivity contribution in [3.8, 4) is 0 Å². The van der Waals surface area contributed by atoms with Crippen LogP contribution in [0, 0.1) is 0 Å². The van der Waals surface area contributed by atoms with Gasteiger partial charge in [0.1, 0.15) is 0 Å². The van der Waals surface area contributed by atoms with E-state index in [-0.39, 0.29) is 5.97 Å². The first-order valence-corrected chi connectivity index (χ1v) is 5.82. The maximum atomic E-state index is 10.8. The maximum absolute atomic E-state index is 10.8. The molecule has 1 aromatic rings. The van der Waals surface area contributed by atoms with Crippen LogP contribution in [0.15, 0.2) is 18.2 Å². The van der Waals surface area contributed by atoms with Gasteiger partial charge < -0.3 is 15.8 Å². The number of carbonyl (C=O) groups is 1. The largest absolute Gasteiger partial charge is 0.469 e. The Labute approximate surface area is 106 Å². The highest BCUT2D eigenvalue weighted by Gasteiger charge is 2.01. The summed E-state index contributed by atoms with van der Waals surface area (Å²) in [5.74, 6) is -0.209. The second-order valence-corrected chi connectivity index (χ2v) is 4.11. The van der Waals surface area contributed by atoms with Gasteiger partial charge in [0.2, 0.25) is 0 Å². The molecule has 0 bridgehead atoms. The molecule has 0 saturated carbocycles. The molecule has 0 atom stereocenters. The van der Waals surface area contributed by atoms with Crippen molar-refractivity contribution < 1.29 is 9.53 Å². The van der Waals surface area contributed by atoms with Crippen LogP contribution < -0.4 is 11.1 Å². The second kappa shape index (κ2) is 7.14. The average Bonchev–Trinajstić information content (AvgIpc) is 2.32. The molecule has 94 valence electrons. The number of anilines is 1. The molecular formula is C12H17ClN2O2. The number of nitrogen functional groups attached to an aromatic ring is 1. The first-order valence-electron chi connectivity index (χ1n) is 5.45. The number of ether oxygens (including phenoxy) is 1. The summed E-state index contributed by atoms with van der Waals surface area (Å²) in [6, 6.07) is 5.43. The summed E-state index contributed by atoms with van der Waals surface area (Å²) in [7, 11) is 1.38. The van der Waals surface area contributed by atoms with Crippen molar-refractivity contribution in [2.45, 2.75) is 12.8 Å². The minimum atomic E-state index is -0.209. The molecule has 17 heavy (non-hydrogen) atoms. The normalized spacial score (nSPS) is 10.2. The molecule has 0 heterocycles. The first-order chi connectivity index (χ1) is 8.13. The number of nitrogens with one attached hydrogen (secondary N) is 1. The summed E-state index contributed by atoms with van der Waals surface area (Å²) in [5, 5.41) is 3.83. The van der Waals surface area contributed by atoms with Gasteiger partial charge >= 0.3 is 5.97 Å². The number of esters is 1. The number of halogens is 1. The molecular weight excluding hydrogens is 240 g/mol. The van der Waals surface area contributed by atoms with Gasteiger partial charge in [-0.15, -0.1) is 0 Å². The third-order valence-corrected chi connectivity index (χ3v) is 2.64. The summed E-state index contributed by atoms with van der Waals surface area (Å²) in [6.07, 6.45) is 1.16. The lowest BCUT2D eigenvalue weighted by Crippen LogP contribution is -2.21. The fourth-order valence-electron chi connectivity index (χ4n) is 1.43. The van der Waals surface area contributed by atoms with E-state index >= 15 is 0 Å². The molecule has 0 amide bonds. The summed E-state index contributed by atoms with van der Waals surface area (Å²) >= 11 is 5.88. The van der Waals surface area contributed by atoms with Crippen molar-refractivity contribution in [2.24, 2.45) is 0 Å². The average molecular weight is 257 g/mol. The van der Waals surface area contributed by atoms with E-state index in [9.17, 15) is 4.79 Å². The SMILES string of the molecule is COC(=O)CCNCCc1cc(Cl)ccc1N. The van der Waals surface area contributed by atoms with Crippen molar-refractivity contribution >= 4 is 23.3 Å². The minimum absolute atomic E-state index is 0.209. The van der Waals surface area contributed by atoms with Crippen LogP contribution in [0.25, 0.3) is 0 Å². The third kappa shape index (κ3) is 5.06. The lowest BCUT2D eigenvalue weighted by Gasteiger charge is -2.07. The molecule has 0 radical (unpaired) electrons. The van der Waals surface area contributed by atoms with Crippen LogP contribution in [0.3, 0.4) is 0 Å². The third-order valence-electron chi connectivity index (χ3n) is 2.41. The van der Waals surface area contributed by atoms with Crippen LogP contribution in [-0.4, -0.2) is 26.2 Å². The zero-order valence-electron chi connectivity index (χ0n) is 9.83. The molecule has 1 rings (SSSR count). The predicted molar refractivity (Wildman–Crippen MR) is 69.1 cm³/mol. The minimum Gasteiger partial charge on any atom is -0.469 e. The van der Waals surface area contributed by atoms with Gasteiger partial charge in [0.15, 0.2) is 0 Å². The second-order valence-electron chi connectivity index (χ2n) is 3.67. The van der Waals surface area contributed by atoms with E-state index in [0.29, 0.717) is 18.0 Å². The molecule has 0 aliphatic carbocycles. The number of benzene rings is 1. The smallest absolute Gasteiger partial charge is 0.306 e. The van der Waals surface area contributed by atoms with Crippen LogP contribution in [0.1, 0.15) is 12.0 Å². The van der Waals surface area contributed by atoms with Crippen LogP contribution in [0.4, 0.5) is 5.69 Å². The van der Waals surface area contributed by atoms with Crippen molar-refractivity contribution in [3.63, 3.8) is 0 Å². The summed E-state index contributed by atoms with van der Waals surface area (Å²) < 4.78 is 4.53. The molecule has 1 aromatic carbocycles. The Kier molecular flexibility index (Phi) is 5.80. The topological polar surface area (TPSA) is 64.3 Å². The van der Waals surface area contributed by atoms with Gasteiger partial charge in [-0.1, -0.05) is 11.6 Å². The lowest BCUT2D eigenvalue weighted by atomic mass is 10.1. The van der Waals surface area contributed by atoms with E-state index in [2.05, 4.69) is 10.1 Å². The highest BCUT2D eigenvalue weighted by atomic mass is 35.5. The van der Waals surface area contributed by atoms with Gasteiger partial charge in [-0.05, 0) is 36.7 Å². The number of methoxy groups -OCH3 is 1. The van der Waals surface area contributed by atoms with E-state index < -0.39 is 0 Å². The van der Waals surface area contributed by atoms with Gasteiger partial charge in [0.25, 0.3) is 0 Å². The molecule has 3 N–H and O–H groups in total. The highest BCUT2D eigenvalue weighted by molar-refractivity contribution is 6.30. The molecule has 4 nitrogen and oxygen atoms in total. The zero-order valence-corrected chi connectivity index (χ0v) is 10.6. The Balaban J connectivity index is 2.26. The number of rotatable bonds is 6. The van der Waals surface area contributed by atoms with Crippen LogP contribution in [0.2, 0.25) is 5.02 Å². The van der Waals surface area contributed by atoms with Gasteiger partial charge in [0.05, 0.1) is 13.5 Å². The zero-order chi connectivity index (χ0) is 12.7. The molecule has 0 aliphatic heterocycles. The molecule has 0 unspecified atom stereocenters. The molecule has 0 fully saturated rings. The maximum Gasteiger partial charge on any atom is 0.306 e. The van der Waals surface area contributed by atoms with E-state index in [1.54, 1.807) is 12.1 Å². The van der Waals surface area contributed by atoms with Crippen LogP contribution in [0.5, 0.6) is 0 Å². The quantitative estimate of drug-likeness (QED) is 0.461. The Bertz CT molecular complexity index is 383. The summed E-state index contributed by atoms with van der Waals surface area (Å²) in [4.78, 5) is 10.8. The standard InChI is InChI=1S/C12H17ClN2O2/c1-17-12(16)5-7-15-6-4-9-8-10(13)2-3-11(9)14/h2-3,8,15H,4-7,14H2,1H3. The van der Waals surface area contributed by atoms with Crippen molar-refractivity contribution in [3.05, 3.63) is 28.8 Å². The fourth-order valence-corrected chi connectivity index (χ4v) is 1.63. The van der Waals surface area contributed by atoms with E-state index in [4.69, 9.17) is 17.3 Å². The van der Waals surface area contributed by atoms with Gasteiger partial charge in [-0.25, -0.2) is 0 Å². The van der Waals surface area contributed by atoms with Gasteiger partial charge in [-0.2, -0.15) is 0 Å². The molecule has 0 saturated heterocycles. The van der Waals surface area contributed by atoms with E-state index in [1.165, 1.54) is 7.11 Å². The van der Waals surface area contributed by atoms with Crippen molar-refractivity contribution in [1.82, 2.24) is 5.32 Å². The Hall–Kier alpha value is -1.26. The monoisotopic (exact) mass is 256 g/mol. The van der Waals surface area contributed by atoms with Gasteiger partial charge in [0, 0.05) is 17.3 Å². The highest BCUT2D eigenvalue weighted by Crippen LogP contribution is 2.17. The van der Waals surface area contributed by atoms with Crippen molar-refractivity contribution in [1.29, 1.82) is 0 Å². The number of hydrogen-bond acceptors (Lipinski definition) is 4. The molecule has 5 heteroatoms. The summed E-state index contributed by atoms with van der Waals surface area (Å²) in [5.41, 5.74) is 7.57. The number of hydrogen-bond donors (Lipinski definition) is 2. The lowest BCUT2D eigenvalue weighted by molar-refractivity contribution is -0.140. The Morgan fingerprint density at radius 1 is 1.47 bits per heavy atom. The predicted octanol–water partition coefficient (Wildman–Crippen LogP) is 1.62. The number of carbonyl (C=O) groups excluding carboxylic acids is 1. The number of nitrogens with two attached hydrogens (primary N) is 1. The fraction of sp³-hybridized carbons (Fsp3) is 0.417. The molecule has 0 spiro atoms. The summed E-state index contributed by atoms with van der Waals surface area (Å²) in [6.45, 7) is 1.36. The Morgan fingerprint density at radius 2 is 2.24 bits per heavy atom. The van der Waals surface area contributed by atoms with Gasteiger partial charge in [-0.3, -0.25) is 4.79 Å².